The molecule has 16 heavy (non-hydrogen) atoms. The van der Waals surface area contributed by atoms with Crippen LogP contribution >= 0.6 is 0 Å². The first-order chi connectivity index (χ1) is 7.83. The van der Waals surface area contributed by atoms with Crippen molar-refractivity contribution in [2.45, 2.75) is 0 Å². The molecule has 78 valence electrons. The van der Waals surface area contributed by atoms with Gasteiger partial charge >= 0.3 is 0 Å². The molecule has 3 nitrogen and oxygen atoms in total. The van der Waals surface area contributed by atoms with Crippen molar-refractivity contribution < 1.29 is 0 Å². The summed E-state index contributed by atoms with van der Waals surface area (Å²) in [6.07, 6.45) is 5.46. The van der Waals surface area contributed by atoms with Gasteiger partial charge in [-0.25, -0.2) is 0 Å². The summed E-state index contributed by atoms with van der Waals surface area (Å²) in [7, 11) is 0. The van der Waals surface area contributed by atoms with Crippen LogP contribution in [-0.4, -0.2) is 9.55 Å². The zero-order valence-electron chi connectivity index (χ0n) is 8.55. The smallest absolute Gasteiger partial charge is 0.181 e. The number of aromatic amines is 1. The number of hydrogen-bond donors (Lipinski definition) is 1. The molecule has 0 aliphatic rings. The van der Waals surface area contributed by atoms with Crippen molar-refractivity contribution in [3.05, 3.63) is 65.2 Å². The number of aromatic nitrogens is 2. The highest BCUT2D eigenvalue weighted by molar-refractivity contribution is 5.81. The topological polar surface area (TPSA) is 37.8 Å². The Hall–Kier alpha value is -2.29. The highest BCUT2D eigenvalue weighted by Crippen LogP contribution is 2.16. The van der Waals surface area contributed by atoms with Crippen molar-refractivity contribution in [2.24, 2.45) is 0 Å². The quantitative estimate of drug-likeness (QED) is 0.657. The molecular weight excluding hydrogens is 200 g/mol. The Balaban J connectivity index is 2.17. The fourth-order valence-corrected chi connectivity index (χ4v) is 1.79. The summed E-state index contributed by atoms with van der Waals surface area (Å²) in [4.78, 5) is 14.2. The predicted molar refractivity (Wildman–Crippen MR) is 63.9 cm³/mol. The predicted octanol–water partition coefficient (Wildman–Crippen LogP) is 2.32. The van der Waals surface area contributed by atoms with Gasteiger partial charge < -0.3 is 9.55 Å². The molecule has 0 aliphatic heterocycles. The second-order valence-electron chi connectivity index (χ2n) is 3.69. The Labute approximate surface area is 92.0 Å². The number of benzene rings is 1. The van der Waals surface area contributed by atoms with Crippen LogP contribution in [0.25, 0.3) is 16.6 Å². The molecule has 3 rings (SSSR count). The van der Waals surface area contributed by atoms with Crippen molar-refractivity contribution in [2.75, 3.05) is 0 Å². The lowest BCUT2D eigenvalue weighted by Gasteiger charge is -2.05. The van der Waals surface area contributed by atoms with Crippen LogP contribution in [0.3, 0.4) is 0 Å². The van der Waals surface area contributed by atoms with Crippen LogP contribution in [0.1, 0.15) is 0 Å². The second-order valence-corrected chi connectivity index (χ2v) is 3.69. The number of nitrogens with one attached hydrogen (secondary N) is 1. The van der Waals surface area contributed by atoms with E-state index in [1.165, 1.54) is 0 Å². The van der Waals surface area contributed by atoms with E-state index in [-0.39, 0.29) is 5.43 Å². The maximum atomic E-state index is 11.0. The Morgan fingerprint density at radius 3 is 2.62 bits per heavy atom. The zero-order chi connectivity index (χ0) is 11.0. The van der Waals surface area contributed by atoms with E-state index in [0.717, 1.165) is 16.6 Å². The largest absolute Gasteiger partial charge is 0.361 e. The minimum Gasteiger partial charge on any atom is -0.361 e. The van der Waals surface area contributed by atoms with Gasteiger partial charge in [-0.2, -0.15) is 0 Å². The van der Waals surface area contributed by atoms with E-state index in [4.69, 9.17) is 0 Å². The van der Waals surface area contributed by atoms with Crippen molar-refractivity contribution in [1.82, 2.24) is 9.55 Å². The molecule has 0 saturated carbocycles. The molecule has 0 fully saturated rings. The number of H-pyrrole nitrogens is 1. The molecule has 0 radical (unpaired) electrons. The number of nitrogens with zero attached hydrogens (tertiary/aromatic N) is 1. The summed E-state index contributed by atoms with van der Waals surface area (Å²) >= 11 is 0. The molecule has 1 aromatic carbocycles. The van der Waals surface area contributed by atoms with Gasteiger partial charge in [-0.3, -0.25) is 4.79 Å². The van der Waals surface area contributed by atoms with Crippen molar-refractivity contribution in [3.63, 3.8) is 0 Å². The standard InChI is InChI=1S/C13H10N2O/c16-12-4-7-15(8-5-12)11-1-2-13-10(9-11)3-6-14-13/h1-9,14H. The first-order valence-electron chi connectivity index (χ1n) is 5.09. The molecule has 1 N–H and O–H groups in total. The van der Waals surface area contributed by atoms with Crippen molar-refractivity contribution in [3.8, 4) is 5.69 Å². The fourth-order valence-electron chi connectivity index (χ4n) is 1.79. The third-order valence-electron chi connectivity index (χ3n) is 2.63. The lowest BCUT2D eigenvalue weighted by Crippen LogP contribution is -2.01. The van der Waals surface area contributed by atoms with Crippen LogP contribution in [0.15, 0.2) is 59.8 Å². The summed E-state index contributed by atoms with van der Waals surface area (Å²) in [5.41, 5.74) is 2.19. The Morgan fingerprint density at radius 2 is 1.81 bits per heavy atom. The molecule has 3 heteroatoms. The number of rotatable bonds is 1. The molecule has 0 amide bonds. The molecular formula is C13H10N2O. The van der Waals surface area contributed by atoms with E-state index >= 15 is 0 Å². The summed E-state index contributed by atoms with van der Waals surface area (Å²) in [5.74, 6) is 0. The minimum atomic E-state index is 0.0268. The lowest BCUT2D eigenvalue weighted by molar-refractivity contribution is 1.04. The normalized spacial score (nSPS) is 10.8. The van der Waals surface area contributed by atoms with Gasteiger partial charge in [-0.15, -0.1) is 0 Å². The molecule has 0 aliphatic carbocycles. The molecule has 0 unspecified atom stereocenters. The van der Waals surface area contributed by atoms with Gasteiger partial charge in [0.2, 0.25) is 0 Å². The third kappa shape index (κ3) is 1.42. The first kappa shape index (κ1) is 8.97. The molecule has 3 aromatic rings. The van der Waals surface area contributed by atoms with E-state index in [1.807, 2.05) is 29.0 Å². The van der Waals surface area contributed by atoms with Gasteiger partial charge in [-0.1, -0.05) is 0 Å². The lowest BCUT2D eigenvalue weighted by atomic mass is 10.2. The maximum Gasteiger partial charge on any atom is 0.181 e. The minimum absolute atomic E-state index is 0.0268. The van der Waals surface area contributed by atoms with Crippen LogP contribution < -0.4 is 5.43 Å². The second kappa shape index (κ2) is 3.38. The van der Waals surface area contributed by atoms with Gasteiger partial charge in [0.1, 0.15) is 0 Å². The number of hydrogen-bond acceptors (Lipinski definition) is 1. The molecule has 0 atom stereocenters. The van der Waals surface area contributed by atoms with Gasteiger partial charge in [0.05, 0.1) is 0 Å². The number of pyridine rings is 1. The summed E-state index contributed by atoms with van der Waals surface area (Å²) in [5, 5.41) is 1.16. The molecule has 2 aromatic heterocycles. The van der Waals surface area contributed by atoms with E-state index in [2.05, 4.69) is 11.1 Å². The zero-order valence-corrected chi connectivity index (χ0v) is 8.55. The SMILES string of the molecule is O=c1ccn(-c2ccc3[nH]ccc3c2)cc1. The van der Waals surface area contributed by atoms with E-state index in [0.29, 0.717) is 0 Å². The van der Waals surface area contributed by atoms with Crippen LogP contribution in [0.4, 0.5) is 0 Å². The van der Waals surface area contributed by atoms with Crippen LogP contribution in [-0.2, 0) is 0 Å². The summed E-state index contributed by atoms with van der Waals surface area (Å²) < 4.78 is 1.92. The molecule has 0 bridgehead atoms. The van der Waals surface area contributed by atoms with Gasteiger partial charge in [0.25, 0.3) is 0 Å². The summed E-state index contributed by atoms with van der Waals surface area (Å²) in [6.45, 7) is 0. The summed E-state index contributed by atoms with van der Waals surface area (Å²) in [6, 6.07) is 11.3. The van der Waals surface area contributed by atoms with Crippen molar-refractivity contribution in [1.29, 1.82) is 0 Å². The molecule has 0 spiro atoms. The molecule has 2 heterocycles. The monoisotopic (exact) mass is 210 g/mol. The van der Waals surface area contributed by atoms with Crippen LogP contribution in [0.2, 0.25) is 0 Å². The van der Waals surface area contributed by atoms with Gasteiger partial charge in [0, 0.05) is 47.3 Å². The Bertz CT molecular complexity index is 674. The fraction of sp³-hybridized carbons (Fsp3) is 0. The first-order valence-corrected chi connectivity index (χ1v) is 5.09. The average molecular weight is 210 g/mol. The molecule has 0 saturated heterocycles. The van der Waals surface area contributed by atoms with Gasteiger partial charge in [0.15, 0.2) is 5.43 Å². The highest BCUT2D eigenvalue weighted by atomic mass is 16.1. The maximum absolute atomic E-state index is 11.0. The Morgan fingerprint density at radius 1 is 1.00 bits per heavy atom. The Kier molecular flexibility index (Phi) is 1.90. The van der Waals surface area contributed by atoms with Gasteiger partial charge in [-0.05, 0) is 24.3 Å². The number of fused-ring (bicyclic) bond motifs is 1. The third-order valence-corrected chi connectivity index (χ3v) is 2.63. The van der Waals surface area contributed by atoms with E-state index < -0.39 is 0 Å². The van der Waals surface area contributed by atoms with E-state index in [9.17, 15) is 4.79 Å². The van der Waals surface area contributed by atoms with Crippen LogP contribution in [0, 0.1) is 0 Å². The van der Waals surface area contributed by atoms with E-state index in [1.54, 1.807) is 24.5 Å². The average Bonchev–Trinajstić information content (AvgIpc) is 2.77. The van der Waals surface area contributed by atoms with Crippen molar-refractivity contribution >= 4 is 10.9 Å². The highest BCUT2D eigenvalue weighted by Gasteiger charge is 1.97. The van der Waals surface area contributed by atoms with Crippen LogP contribution in [0.5, 0.6) is 0 Å².